The number of methoxy groups -OCH3 is 2. The fraction of sp³-hybridized carbons (Fsp3) is 0.200. The van der Waals surface area contributed by atoms with E-state index in [2.05, 4.69) is 21.0 Å². The van der Waals surface area contributed by atoms with Crippen LogP contribution >= 0.6 is 15.9 Å². The van der Waals surface area contributed by atoms with Crippen molar-refractivity contribution in [1.29, 1.82) is 0 Å². The molecule has 3 aromatic carbocycles. The van der Waals surface area contributed by atoms with Gasteiger partial charge in [-0.1, -0.05) is 28.1 Å². The number of benzene rings is 3. The van der Waals surface area contributed by atoms with E-state index in [0.717, 1.165) is 32.8 Å². The second-order valence-electron chi connectivity index (χ2n) is 7.32. The Morgan fingerprint density at radius 1 is 0.938 bits per heavy atom. The van der Waals surface area contributed by atoms with E-state index >= 15 is 0 Å². The van der Waals surface area contributed by atoms with Gasteiger partial charge in [0, 0.05) is 23.4 Å². The standard InChI is InChI=1S/C25H23BrN2O4/c1-16(29)28-23(15-22(27-28)18-6-13-24(30-2)25(14-18)31-3)17-4-9-20(10-5-17)32-21-11-7-19(26)8-12-21/h4-14,23H,15H2,1-3H3. The van der Waals surface area contributed by atoms with E-state index in [-0.39, 0.29) is 11.9 Å². The van der Waals surface area contributed by atoms with Gasteiger partial charge >= 0.3 is 0 Å². The van der Waals surface area contributed by atoms with E-state index in [1.165, 1.54) is 11.9 Å². The topological polar surface area (TPSA) is 60.4 Å². The molecule has 0 aliphatic carbocycles. The smallest absolute Gasteiger partial charge is 0.240 e. The zero-order valence-corrected chi connectivity index (χ0v) is 19.6. The van der Waals surface area contributed by atoms with Gasteiger partial charge in [-0.25, -0.2) is 5.01 Å². The predicted molar refractivity (Wildman–Crippen MR) is 127 cm³/mol. The van der Waals surface area contributed by atoms with Crippen molar-refractivity contribution in [2.24, 2.45) is 5.10 Å². The van der Waals surface area contributed by atoms with E-state index in [4.69, 9.17) is 14.2 Å². The third-order valence-electron chi connectivity index (χ3n) is 5.26. The number of hydrazone groups is 1. The van der Waals surface area contributed by atoms with Crippen molar-refractivity contribution in [2.75, 3.05) is 14.2 Å². The largest absolute Gasteiger partial charge is 0.493 e. The summed E-state index contributed by atoms with van der Waals surface area (Å²) in [6, 6.07) is 20.9. The maximum atomic E-state index is 12.3. The molecule has 32 heavy (non-hydrogen) atoms. The number of ether oxygens (including phenoxy) is 3. The Morgan fingerprint density at radius 3 is 2.16 bits per heavy atom. The van der Waals surface area contributed by atoms with E-state index < -0.39 is 0 Å². The zero-order chi connectivity index (χ0) is 22.7. The highest BCUT2D eigenvalue weighted by atomic mass is 79.9. The average molecular weight is 495 g/mol. The molecule has 7 heteroatoms. The van der Waals surface area contributed by atoms with Gasteiger partial charge in [0.1, 0.15) is 11.5 Å². The van der Waals surface area contributed by atoms with Crippen LogP contribution in [0.3, 0.4) is 0 Å². The molecular formula is C25H23BrN2O4. The molecule has 0 saturated carbocycles. The van der Waals surface area contributed by atoms with Crippen LogP contribution in [0.4, 0.5) is 0 Å². The Morgan fingerprint density at radius 2 is 1.56 bits per heavy atom. The molecule has 1 aliphatic heterocycles. The summed E-state index contributed by atoms with van der Waals surface area (Å²) in [5.41, 5.74) is 2.70. The lowest BCUT2D eigenvalue weighted by Crippen LogP contribution is -2.24. The van der Waals surface area contributed by atoms with Gasteiger partial charge in [0.15, 0.2) is 11.5 Å². The summed E-state index contributed by atoms with van der Waals surface area (Å²) >= 11 is 3.42. The van der Waals surface area contributed by atoms with Crippen LogP contribution in [-0.4, -0.2) is 30.8 Å². The third kappa shape index (κ3) is 4.62. The molecule has 0 bridgehead atoms. The molecule has 0 fully saturated rings. The Hall–Kier alpha value is -3.32. The van der Waals surface area contributed by atoms with Gasteiger partial charge in [-0.05, 0) is 60.2 Å². The first-order valence-electron chi connectivity index (χ1n) is 10.1. The fourth-order valence-electron chi connectivity index (χ4n) is 3.65. The lowest BCUT2D eigenvalue weighted by molar-refractivity contribution is -0.130. The number of carbonyl (C=O) groups excluding carboxylic acids is 1. The van der Waals surface area contributed by atoms with Crippen LogP contribution in [0.2, 0.25) is 0 Å². The molecular weight excluding hydrogens is 472 g/mol. The highest BCUT2D eigenvalue weighted by Crippen LogP contribution is 2.36. The van der Waals surface area contributed by atoms with Crippen LogP contribution in [0.1, 0.15) is 30.5 Å². The van der Waals surface area contributed by atoms with E-state index in [9.17, 15) is 4.79 Å². The Labute approximate surface area is 195 Å². The zero-order valence-electron chi connectivity index (χ0n) is 18.0. The van der Waals surface area contributed by atoms with Crippen molar-refractivity contribution in [3.05, 3.63) is 82.3 Å². The monoisotopic (exact) mass is 494 g/mol. The quantitative estimate of drug-likeness (QED) is 0.424. The minimum Gasteiger partial charge on any atom is -0.493 e. The van der Waals surface area contributed by atoms with Gasteiger partial charge in [-0.15, -0.1) is 0 Å². The molecule has 164 valence electrons. The van der Waals surface area contributed by atoms with Crippen LogP contribution in [0.5, 0.6) is 23.0 Å². The van der Waals surface area contributed by atoms with Crippen molar-refractivity contribution in [3.63, 3.8) is 0 Å². The number of rotatable bonds is 6. The molecule has 6 nitrogen and oxygen atoms in total. The summed E-state index contributed by atoms with van der Waals surface area (Å²) in [7, 11) is 3.20. The van der Waals surface area contributed by atoms with Gasteiger partial charge in [-0.2, -0.15) is 5.10 Å². The first kappa shape index (κ1) is 21.9. The second kappa shape index (κ2) is 9.44. The van der Waals surface area contributed by atoms with Crippen molar-refractivity contribution in [2.45, 2.75) is 19.4 Å². The minimum absolute atomic E-state index is 0.110. The summed E-state index contributed by atoms with van der Waals surface area (Å²) in [5, 5.41) is 6.15. The number of halogens is 1. The van der Waals surface area contributed by atoms with E-state index in [1.807, 2.05) is 66.7 Å². The fourth-order valence-corrected chi connectivity index (χ4v) is 3.91. The molecule has 1 amide bonds. The van der Waals surface area contributed by atoms with Crippen molar-refractivity contribution >= 4 is 27.5 Å². The van der Waals surface area contributed by atoms with Crippen LogP contribution in [0.25, 0.3) is 0 Å². The number of nitrogens with zero attached hydrogens (tertiary/aromatic N) is 2. The number of hydrogen-bond donors (Lipinski definition) is 0. The van der Waals surface area contributed by atoms with Crippen LogP contribution < -0.4 is 14.2 Å². The molecule has 0 saturated heterocycles. The van der Waals surface area contributed by atoms with Gasteiger partial charge < -0.3 is 14.2 Å². The molecule has 0 aromatic heterocycles. The molecule has 1 heterocycles. The van der Waals surface area contributed by atoms with Gasteiger partial charge in [0.05, 0.1) is 26.0 Å². The molecule has 0 radical (unpaired) electrons. The maximum absolute atomic E-state index is 12.3. The van der Waals surface area contributed by atoms with Crippen LogP contribution in [0, 0.1) is 0 Å². The van der Waals surface area contributed by atoms with Gasteiger partial charge in [0.2, 0.25) is 5.91 Å². The number of amides is 1. The minimum atomic E-state index is -0.183. The summed E-state index contributed by atoms with van der Waals surface area (Å²) in [4.78, 5) is 12.3. The third-order valence-corrected chi connectivity index (χ3v) is 5.79. The first-order chi connectivity index (χ1) is 15.5. The van der Waals surface area contributed by atoms with Crippen molar-refractivity contribution in [3.8, 4) is 23.0 Å². The molecule has 1 atom stereocenters. The normalized spacial score (nSPS) is 15.3. The van der Waals surface area contributed by atoms with Gasteiger partial charge in [-0.3, -0.25) is 4.79 Å². The molecule has 4 rings (SSSR count). The second-order valence-corrected chi connectivity index (χ2v) is 8.24. The highest BCUT2D eigenvalue weighted by Gasteiger charge is 2.31. The number of carbonyl (C=O) groups is 1. The van der Waals surface area contributed by atoms with Crippen molar-refractivity contribution < 1.29 is 19.0 Å². The predicted octanol–water partition coefficient (Wildman–Crippen LogP) is 5.96. The Balaban J connectivity index is 1.55. The lowest BCUT2D eigenvalue weighted by Gasteiger charge is -2.20. The molecule has 3 aromatic rings. The molecule has 1 aliphatic rings. The summed E-state index contributed by atoms with van der Waals surface area (Å²) < 4.78 is 17.6. The van der Waals surface area contributed by atoms with E-state index in [1.54, 1.807) is 14.2 Å². The maximum Gasteiger partial charge on any atom is 0.240 e. The summed E-state index contributed by atoms with van der Waals surface area (Å²) in [6.07, 6.45) is 0.599. The SMILES string of the molecule is COc1ccc(C2=NN(C(C)=O)C(c3ccc(Oc4ccc(Br)cc4)cc3)C2)cc1OC. The van der Waals surface area contributed by atoms with Crippen molar-refractivity contribution in [1.82, 2.24) is 5.01 Å². The molecule has 0 N–H and O–H groups in total. The highest BCUT2D eigenvalue weighted by molar-refractivity contribution is 9.10. The molecule has 1 unspecified atom stereocenters. The number of hydrogen-bond acceptors (Lipinski definition) is 5. The van der Waals surface area contributed by atoms with Crippen LogP contribution in [-0.2, 0) is 4.79 Å². The average Bonchev–Trinajstić information content (AvgIpc) is 3.26. The Kier molecular flexibility index (Phi) is 6.46. The summed E-state index contributed by atoms with van der Waals surface area (Å²) in [6.45, 7) is 1.53. The van der Waals surface area contributed by atoms with E-state index in [0.29, 0.717) is 17.9 Å². The lowest BCUT2D eigenvalue weighted by atomic mass is 9.98. The van der Waals surface area contributed by atoms with Crippen LogP contribution in [0.15, 0.2) is 76.3 Å². The Bertz CT molecular complexity index is 1140. The first-order valence-corrected chi connectivity index (χ1v) is 10.9. The molecule has 0 spiro atoms. The summed E-state index contributed by atoms with van der Waals surface area (Å²) in [5.74, 6) is 2.65. The van der Waals surface area contributed by atoms with Gasteiger partial charge in [0.25, 0.3) is 0 Å².